The van der Waals surface area contributed by atoms with Crippen molar-refractivity contribution in [2.24, 2.45) is 0 Å². The molecule has 410 valence electrons. The minimum absolute atomic E-state index is 0.0745. The van der Waals surface area contributed by atoms with Gasteiger partial charge in [-0.05, 0) is 70.6 Å². The van der Waals surface area contributed by atoms with Gasteiger partial charge in [0.15, 0.2) is 6.10 Å². The molecular weight excluding hydrogens is 865 g/mol. The van der Waals surface area contributed by atoms with Crippen molar-refractivity contribution in [3.8, 4) is 0 Å². The number of carbonyl (C=O) groups excluding carboxylic acids is 3. The fourth-order valence-corrected chi connectivity index (χ4v) is 9.18. The Hall–Kier alpha value is -2.37. The predicted octanol–water partition coefficient (Wildman–Crippen LogP) is 20.8. The van der Waals surface area contributed by atoms with Crippen molar-refractivity contribution in [1.29, 1.82) is 0 Å². The number of carbonyl (C=O) groups is 3. The molecule has 0 amide bonds. The van der Waals surface area contributed by atoms with Crippen molar-refractivity contribution in [3.05, 3.63) is 36.5 Å². The van der Waals surface area contributed by atoms with Crippen molar-refractivity contribution in [1.82, 2.24) is 0 Å². The third-order valence-electron chi connectivity index (χ3n) is 13.8. The van der Waals surface area contributed by atoms with Crippen molar-refractivity contribution in [2.75, 3.05) is 13.2 Å². The summed E-state index contributed by atoms with van der Waals surface area (Å²) in [6.07, 6.45) is 71.5. The summed E-state index contributed by atoms with van der Waals surface area (Å²) in [6.45, 7) is 6.61. The molecule has 0 N–H and O–H groups in total. The van der Waals surface area contributed by atoms with Gasteiger partial charge in [0.25, 0.3) is 0 Å². The summed E-state index contributed by atoms with van der Waals surface area (Å²) in [5.41, 5.74) is 0. The summed E-state index contributed by atoms with van der Waals surface area (Å²) in [5, 5.41) is 0. The lowest BCUT2D eigenvalue weighted by atomic mass is 10.0. The number of hydrogen-bond acceptors (Lipinski definition) is 6. The Balaban J connectivity index is 4.30. The van der Waals surface area contributed by atoms with E-state index in [1.165, 1.54) is 212 Å². The molecular formula is C64H118O6. The second kappa shape index (κ2) is 59.2. The molecule has 0 aromatic carbocycles. The maximum absolute atomic E-state index is 12.9. The zero-order chi connectivity index (χ0) is 50.7. The topological polar surface area (TPSA) is 78.9 Å². The van der Waals surface area contributed by atoms with Crippen LogP contribution in [-0.4, -0.2) is 37.2 Å². The van der Waals surface area contributed by atoms with Crippen LogP contribution in [0.4, 0.5) is 0 Å². The Kier molecular flexibility index (Phi) is 57.2. The second-order valence-corrected chi connectivity index (χ2v) is 21.0. The Morgan fingerprint density at radius 3 is 0.857 bits per heavy atom. The quantitative estimate of drug-likeness (QED) is 0.0261. The van der Waals surface area contributed by atoms with Crippen LogP contribution in [0.1, 0.15) is 335 Å². The average Bonchev–Trinajstić information content (AvgIpc) is 3.36. The number of rotatable bonds is 57. The normalized spacial score (nSPS) is 12.2. The molecule has 6 heteroatoms. The first kappa shape index (κ1) is 67.6. The zero-order valence-electron chi connectivity index (χ0n) is 47.1. The van der Waals surface area contributed by atoms with E-state index in [4.69, 9.17) is 14.2 Å². The number of hydrogen-bond donors (Lipinski definition) is 0. The van der Waals surface area contributed by atoms with E-state index >= 15 is 0 Å². The van der Waals surface area contributed by atoms with Gasteiger partial charge in [0.05, 0.1) is 0 Å². The lowest BCUT2D eigenvalue weighted by Crippen LogP contribution is -2.30. The fraction of sp³-hybridized carbons (Fsp3) is 0.859. The molecule has 0 bridgehead atoms. The number of unbranched alkanes of at least 4 members (excludes halogenated alkanes) is 40. The molecule has 0 aliphatic heterocycles. The lowest BCUT2D eigenvalue weighted by molar-refractivity contribution is -0.167. The van der Waals surface area contributed by atoms with E-state index in [2.05, 4.69) is 57.2 Å². The molecule has 6 nitrogen and oxygen atoms in total. The van der Waals surface area contributed by atoms with Crippen LogP contribution < -0.4 is 0 Å². The lowest BCUT2D eigenvalue weighted by Gasteiger charge is -2.18. The van der Waals surface area contributed by atoms with Crippen LogP contribution in [0.5, 0.6) is 0 Å². The van der Waals surface area contributed by atoms with Gasteiger partial charge in [-0.3, -0.25) is 14.4 Å². The molecule has 0 aromatic rings. The second-order valence-electron chi connectivity index (χ2n) is 21.0. The first-order chi connectivity index (χ1) is 34.5. The number of esters is 3. The number of ether oxygens (including phenoxy) is 3. The van der Waals surface area contributed by atoms with Gasteiger partial charge in [-0.25, -0.2) is 0 Å². The SMILES string of the molecule is CCC/C=C\C/C=C\CCCCCCCC(=O)OCC(COC(=O)CCCCCCCCCCCCCCCCCCCCCCC)OC(=O)CCCCCCCCC/C=C\CCCCCCCCC. The molecule has 0 radical (unpaired) electrons. The molecule has 1 atom stereocenters. The van der Waals surface area contributed by atoms with Crippen molar-refractivity contribution >= 4 is 17.9 Å². The van der Waals surface area contributed by atoms with Gasteiger partial charge >= 0.3 is 17.9 Å². The van der Waals surface area contributed by atoms with Gasteiger partial charge in [0.2, 0.25) is 0 Å². The summed E-state index contributed by atoms with van der Waals surface area (Å²) in [6, 6.07) is 0. The third-order valence-corrected chi connectivity index (χ3v) is 13.8. The first-order valence-corrected chi connectivity index (χ1v) is 31.0. The number of allylic oxidation sites excluding steroid dienone is 6. The van der Waals surface area contributed by atoms with Crippen LogP contribution in [0.3, 0.4) is 0 Å². The van der Waals surface area contributed by atoms with Gasteiger partial charge in [-0.1, -0.05) is 282 Å². The highest BCUT2D eigenvalue weighted by Crippen LogP contribution is 2.17. The molecule has 0 saturated heterocycles. The van der Waals surface area contributed by atoms with Crippen LogP contribution in [0.2, 0.25) is 0 Å². The molecule has 0 aromatic heterocycles. The summed E-state index contributed by atoms with van der Waals surface area (Å²) in [4.78, 5) is 38.2. The Labute approximate surface area is 435 Å². The molecule has 0 fully saturated rings. The maximum Gasteiger partial charge on any atom is 0.306 e. The van der Waals surface area contributed by atoms with Gasteiger partial charge < -0.3 is 14.2 Å². The summed E-state index contributed by atoms with van der Waals surface area (Å²) >= 11 is 0. The summed E-state index contributed by atoms with van der Waals surface area (Å²) < 4.78 is 16.9. The van der Waals surface area contributed by atoms with Crippen LogP contribution in [0, 0.1) is 0 Å². The highest BCUT2D eigenvalue weighted by Gasteiger charge is 2.19. The predicted molar refractivity (Wildman–Crippen MR) is 302 cm³/mol. The smallest absolute Gasteiger partial charge is 0.306 e. The first-order valence-electron chi connectivity index (χ1n) is 31.0. The van der Waals surface area contributed by atoms with Gasteiger partial charge in [0, 0.05) is 19.3 Å². The van der Waals surface area contributed by atoms with Gasteiger partial charge in [0.1, 0.15) is 13.2 Å². The van der Waals surface area contributed by atoms with Gasteiger partial charge in [-0.2, -0.15) is 0 Å². The molecule has 1 unspecified atom stereocenters. The largest absolute Gasteiger partial charge is 0.462 e. The molecule has 70 heavy (non-hydrogen) atoms. The van der Waals surface area contributed by atoms with E-state index in [9.17, 15) is 14.4 Å². The standard InChI is InChI=1S/C64H118O6/c1-4-7-10-13-16-19-22-25-27-29-31-32-33-35-36-39-42-45-48-51-54-57-63(66)69-60-61(59-68-62(65)56-53-50-47-44-41-38-24-21-18-15-12-9-6-3)70-64(67)58-55-52-49-46-43-40-37-34-30-28-26-23-20-17-14-11-8-5-2/h12,15,21,24,28,30,61H,4-11,13-14,16-20,22-23,25-27,29,31-60H2,1-3H3/b15-12-,24-21-,30-28-. The van der Waals surface area contributed by atoms with E-state index in [1.54, 1.807) is 0 Å². The highest BCUT2D eigenvalue weighted by atomic mass is 16.6. The Morgan fingerprint density at radius 1 is 0.286 bits per heavy atom. The fourth-order valence-electron chi connectivity index (χ4n) is 9.18. The maximum atomic E-state index is 12.9. The van der Waals surface area contributed by atoms with Crippen molar-refractivity contribution in [2.45, 2.75) is 341 Å². The zero-order valence-corrected chi connectivity index (χ0v) is 47.1. The highest BCUT2D eigenvalue weighted by molar-refractivity contribution is 5.71. The molecule has 0 rings (SSSR count). The molecule has 0 heterocycles. The summed E-state index contributed by atoms with van der Waals surface area (Å²) in [7, 11) is 0. The minimum Gasteiger partial charge on any atom is -0.462 e. The van der Waals surface area contributed by atoms with E-state index < -0.39 is 6.10 Å². The van der Waals surface area contributed by atoms with E-state index in [0.29, 0.717) is 19.3 Å². The molecule has 0 aliphatic rings. The monoisotopic (exact) mass is 983 g/mol. The van der Waals surface area contributed by atoms with E-state index in [-0.39, 0.29) is 31.1 Å². The van der Waals surface area contributed by atoms with E-state index in [0.717, 1.165) is 83.5 Å². The van der Waals surface area contributed by atoms with Crippen molar-refractivity contribution in [3.63, 3.8) is 0 Å². The molecule has 0 aliphatic carbocycles. The van der Waals surface area contributed by atoms with Gasteiger partial charge in [-0.15, -0.1) is 0 Å². The minimum atomic E-state index is -0.778. The average molecular weight is 984 g/mol. The van der Waals surface area contributed by atoms with Crippen LogP contribution in [0.25, 0.3) is 0 Å². The van der Waals surface area contributed by atoms with Crippen LogP contribution >= 0.6 is 0 Å². The molecule has 0 saturated carbocycles. The third kappa shape index (κ3) is 56.5. The Bertz CT molecular complexity index is 1170. The van der Waals surface area contributed by atoms with Crippen LogP contribution in [-0.2, 0) is 28.6 Å². The Morgan fingerprint density at radius 2 is 0.543 bits per heavy atom. The summed E-state index contributed by atoms with van der Waals surface area (Å²) in [5.74, 6) is -0.873. The van der Waals surface area contributed by atoms with Crippen LogP contribution in [0.15, 0.2) is 36.5 Å². The van der Waals surface area contributed by atoms with E-state index in [1.807, 2.05) is 0 Å². The van der Waals surface area contributed by atoms with Crippen molar-refractivity contribution < 1.29 is 28.6 Å². The molecule has 0 spiro atoms.